The van der Waals surface area contributed by atoms with Gasteiger partial charge in [-0.1, -0.05) is 18.2 Å². The predicted molar refractivity (Wildman–Crippen MR) is 80.6 cm³/mol. The average molecular weight is 263 g/mol. The Labute approximate surface area is 116 Å². The quantitative estimate of drug-likeness (QED) is 0.648. The number of aliphatic imine (C=N–C) groups is 1. The topological polar surface area (TPSA) is 59.6 Å². The number of rotatable bonds is 4. The molecule has 0 saturated carbocycles. The van der Waals surface area contributed by atoms with E-state index >= 15 is 0 Å². The fraction of sp³-hybridized carbons (Fsp3) is 0.533. The predicted octanol–water partition coefficient (Wildman–Crippen LogP) is 2.47. The van der Waals surface area contributed by atoms with E-state index in [1.54, 1.807) is 0 Å². The number of para-hydroxylation sites is 1. The van der Waals surface area contributed by atoms with Crippen LogP contribution in [0.15, 0.2) is 29.3 Å². The van der Waals surface area contributed by atoms with Crippen LogP contribution in [-0.4, -0.2) is 24.1 Å². The smallest absolute Gasteiger partial charge is 0.189 e. The van der Waals surface area contributed by atoms with Gasteiger partial charge in [-0.05, 0) is 46.2 Å². The Kier molecular flexibility index (Phi) is 5.21. The lowest BCUT2D eigenvalue weighted by Crippen LogP contribution is -2.45. The molecule has 1 aromatic carbocycles. The number of ether oxygens (including phenoxy) is 1. The summed E-state index contributed by atoms with van der Waals surface area (Å²) in [6, 6.07) is 7.96. The van der Waals surface area contributed by atoms with Crippen LogP contribution in [0.4, 0.5) is 0 Å². The fourth-order valence-electron chi connectivity index (χ4n) is 1.59. The van der Waals surface area contributed by atoms with Crippen LogP contribution >= 0.6 is 0 Å². The summed E-state index contributed by atoms with van der Waals surface area (Å²) in [5.41, 5.74) is 6.86. The summed E-state index contributed by atoms with van der Waals surface area (Å²) in [4.78, 5) is 4.29. The molecule has 3 N–H and O–H groups in total. The van der Waals surface area contributed by atoms with E-state index in [-0.39, 0.29) is 11.6 Å². The Hall–Kier alpha value is -1.71. The standard InChI is InChI=1S/C15H25N3O/c1-11-8-6-7-9-13(11)19-12(2)10-17-14(16)18-15(3,4)5/h6-9,12H,10H2,1-5H3,(H3,16,17,18). The van der Waals surface area contributed by atoms with E-state index in [0.29, 0.717) is 12.5 Å². The molecule has 1 atom stereocenters. The molecule has 0 saturated heterocycles. The van der Waals surface area contributed by atoms with E-state index in [4.69, 9.17) is 10.5 Å². The van der Waals surface area contributed by atoms with Crippen molar-refractivity contribution >= 4 is 5.96 Å². The van der Waals surface area contributed by atoms with Gasteiger partial charge in [0.1, 0.15) is 11.9 Å². The van der Waals surface area contributed by atoms with E-state index < -0.39 is 0 Å². The van der Waals surface area contributed by atoms with Crippen molar-refractivity contribution in [2.24, 2.45) is 10.7 Å². The molecular weight excluding hydrogens is 238 g/mol. The molecule has 0 aliphatic rings. The molecular formula is C15H25N3O. The highest BCUT2D eigenvalue weighted by molar-refractivity contribution is 5.78. The number of hydrogen-bond donors (Lipinski definition) is 2. The monoisotopic (exact) mass is 263 g/mol. The first kappa shape index (κ1) is 15.3. The van der Waals surface area contributed by atoms with Gasteiger partial charge in [-0.3, -0.25) is 0 Å². The second-order valence-corrected chi connectivity index (χ2v) is 5.79. The van der Waals surface area contributed by atoms with Crippen molar-refractivity contribution < 1.29 is 4.74 Å². The summed E-state index contributed by atoms with van der Waals surface area (Å²) in [5.74, 6) is 1.35. The molecule has 0 amide bonds. The zero-order valence-corrected chi connectivity index (χ0v) is 12.5. The van der Waals surface area contributed by atoms with E-state index in [9.17, 15) is 0 Å². The van der Waals surface area contributed by atoms with Gasteiger partial charge >= 0.3 is 0 Å². The SMILES string of the molecule is Cc1ccccc1OC(C)CN=C(N)NC(C)(C)C. The molecule has 0 spiro atoms. The zero-order valence-electron chi connectivity index (χ0n) is 12.5. The number of nitrogens with one attached hydrogen (secondary N) is 1. The van der Waals surface area contributed by atoms with Crippen molar-refractivity contribution in [2.45, 2.75) is 46.3 Å². The summed E-state index contributed by atoms with van der Waals surface area (Å²) in [7, 11) is 0. The van der Waals surface area contributed by atoms with Crippen LogP contribution in [0, 0.1) is 6.92 Å². The van der Waals surface area contributed by atoms with Gasteiger partial charge in [0.2, 0.25) is 0 Å². The van der Waals surface area contributed by atoms with E-state index in [2.05, 4.69) is 10.3 Å². The second-order valence-electron chi connectivity index (χ2n) is 5.79. The van der Waals surface area contributed by atoms with Crippen LogP contribution in [0.1, 0.15) is 33.3 Å². The Morgan fingerprint density at radius 3 is 2.58 bits per heavy atom. The Bertz CT molecular complexity index is 435. The number of nitrogens with zero attached hydrogens (tertiary/aromatic N) is 1. The molecule has 0 aliphatic carbocycles. The van der Waals surface area contributed by atoms with Crippen LogP contribution in [0.5, 0.6) is 5.75 Å². The third kappa shape index (κ3) is 6.13. The molecule has 0 aliphatic heterocycles. The molecule has 0 fully saturated rings. The summed E-state index contributed by atoms with van der Waals surface area (Å²) in [6.45, 7) is 10.7. The number of guanidine groups is 1. The molecule has 1 aromatic rings. The van der Waals surface area contributed by atoms with Crippen molar-refractivity contribution in [1.29, 1.82) is 0 Å². The maximum Gasteiger partial charge on any atom is 0.189 e. The van der Waals surface area contributed by atoms with E-state index in [1.165, 1.54) is 0 Å². The Balaban J connectivity index is 2.50. The second kappa shape index (κ2) is 6.45. The lowest BCUT2D eigenvalue weighted by Gasteiger charge is -2.21. The first-order valence-electron chi connectivity index (χ1n) is 6.58. The minimum Gasteiger partial charge on any atom is -0.489 e. The van der Waals surface area contributed by atoms with Crippen molar-refractivity contribution in [3.63, 3.8) is 0 Å². The highest BCUT2D eigenvalue weighted by Gasteiger charge is 2.10. The molecule has 106 valence electrons. The van der Waals surface area contributed by atoms with Crippen LogP contribution in [0.3, 0.4) is 0 Å². The molecule has 4 nitrogen and oxygen atoms in total. The molecule has 1 unspecified atom stereocenters. The van der Waals surface area contributed by atoms with Gasteiger partial charge in [-0.2, -0.15) is 0 Å². The Morgan fingerprint density at radius 1 is 1.37 bits per heavy atom. The molecule has 0 radical (unpaired) electrons. The zero-order chi connectivity index (χ0) is 14.5. The minimum atomic E-state index is -0.0757. The lowest BCUT2D eigenvalue weighted by molar-refractivity contribution is 0.228. The fourth-order valence-corrected chi connectivity index (χ4v) is 1.59. The Morgan fingerprint density at radius 2 is 2.00 bits per heavy atom. The van der Waals surface area contributed by atoms with Gasteiger partial charge < -0.3 is 15.8 Å². The summed E-state index contributed by atoms with van der Waals surface area (Å²) < 4.78 is 5.84. The van der Waals surface area contributed by atoms with Gasteiger partial charge in [0.15, 0.2) is 5.96 Å². The lowest BCUT2D eigenvalue weighted by atomic mass is 10.1. The van der Waals surface area contributed by atoms with Crippen molar-refractivity contribution in [1.82, 2.24) is 5.32 Å². The first-order chi connectivity index (χ1) is 8.78. The third-order valence-electron chi connectivity index (χ3n) is 2.44. The maximum absolute atomic E-state index is 5.84. The summed E-state index contributed by atoms with van der Waals surface area (Å²) in [5, 5.41) is 3.12. The first-order valence-corrected chi connectivity index (χ1v) is 6.58. The number of benzene rings is 1. The number of nitrogens with two attached hydrogens (primary N) is 1. The van der Waals surface area contributed by atoms with E-state index in [0.717, 1.165) is 11.3 Å². The van der Waals surface area contributed by atoms with Crippen molar-refractivity contribution in [3.05, 3.63) is 29.8 Å². The van der Waals surface area contributed by atoms with Crippen molar-refractivity contribution in [3.8, 4) is 5.75 Å². The van der Waals surface area contributed by atoms with Crippen LogP contribution < -0.4 is 15.8 Å². The maximum atomic E-state index is 5.84. The normalized spacial score (nSPS) is 14.1. The van der Waals surface area contributed by atoms with Crippen LogP contribution in [-0.2, 0) is 0 Å². The van der Waals surface area contributed by atoms with Crippen molar-refractivity contribution in [2.75, 3.05) is 6.54 Å². The number of aryl methyl sites for hydroxylation is 1. The molecule has 1 rings (SSSR count). The molecule has 0 aromatic heterocycles. The number of hydrogen-bond acceptors (Lipinski definition) is 2. The average Bonchev–Trinajstić information content (AvgIpc) is 2.27. The van der Waals surface area contributed by atoms with Gasteiger partial charge in [0.25, 0.3) is 0 Å². The van der Waals surface area contributed by atoms with Gasteiger partial charge in [-0.25, -0.2) is 4.99 Å². The molecule has 0 heterocycles. The largest absolute Gasteiger partial charge is 0.489 e. The molecule has 4 heteroatoms. The summed E-state index contributed by atoms with van der Waals surface area (Å²) in [6.07, 6.45) is -0.0126. The van der Waals surface area contributed by atoms with Gasteiger partial charge in [-0.15, -0.1) is 0 Å². The highest BCUT2D eigenvalue weighted by Crippen LogP contribution is 2.17. The van der Waals surface area contributed by atoms with Gasteiger partial charge in [0, 0.05) is 5.54 Å². The van der Waals surface area contributed by atoms with Gasteiger partial charge in [0.05, 0.1) is 6.54 Å². The third-order valence-corrected chi connectivity index (χ3v) is 2.44. The van der Waals surface area contributed by atoms with Crippen LogP contribution in [0.2, 0.25) is 0 Å². The van der Waals surface area contributed by atoms with Crippen LogP contribution in [0.25, 0.3) is 0 Å². The molecule has 19 heavy (non-hydrogen) atoms. The molecule has 0 bridgehead atoms. The highest BCUT2D eigenvalue weighted by atomic mass is 16.5. The minimum absolute atomic E-state index is 0.0126. The summed E-state index contributed by atoms with van der Waals surface area (Å²) >= 11 is 0. The van der Waals surface area contributed by atoms with E-state index in [1.807, 2.05) is 58.9 Å².